The van der Waals surface area contributed by atoms with Crippen LogP contribution < -0.4 is 0 Å². The predicted molar refractivity (Wildman–Crippen MR) is 64.7 cm³/mol. The van der Waals surface area contributed by atoms with Gasteiger partial charge in [0.1, 0.15) is 0 Å². The molecule has 0 aliphatic heterocycles. The normalized spacial score (nSPS) is 48.3. The van der Waals surface area contributed by atoms with Gasteiger partial charge in [-0.15, -0.1) is 0 Å². The lowest BCUT2D eigenvalue weighted by atomic mass is 9.51. The minimum Gasteiger partial charge on any atom is -0.469 e. The summed E-state index contributed by atoms with van der Waals surface area (Å²) in [7, 11) is 1.40. The lowest BCUT2D eigenvalue weighted by Gasteiger charge is -2.55. The van der Waals surface area contributed by atoms with Gasteiger partial charge >= 0.3 is 5.97 Å². The number of ether oxygens (including phenoxy) is 1. The molecule has 0 aromatic heterocycles. The van der Waals surface area contributed by atoms with E-state index in [0.29, 0.717) is 11.8 Å². The van der Waals surface area contributed by atoms with Crippen molar-refractivity contribution in [1.29, 1.82) is 0 Å². The first-order valence-electron chi connectivity index (χ1n) is 5.39. The summed E-state index contributed by atoms with van der Waals surface area (Å²) in [5.41, 5.74) is -0.0416. The highest BCUT2D eigenvalue weighted by Crippen LogP contribution is 2.63. The molecule has 0 aromatic rings. The van der Waals surface area contributed by atoms with Crippen LogP contribution in [0.3, 0.4) is 0 Å². The van der Waals surface area contributed by atoms with Crippen molar-refractivity contribution in [3.05, 3.63) is 0 Å². The van der Waals surface area contributed by atoms with Crippen LogP contribution in [0.5, 0.6) is 0 Å². The van der Waals surface area contributed by atoms with Gasteiger partial charge in [-0.1, -0.05) is 29.5 Å². The van der Waals surface area contributed by atoms with Crippen LogP contribution in [0.15, 0.2) is 0 Å². The largest absolute Gasteiger partial charge is 0.469 e. The van der Waals surface area contributed by atoms with Crippen LogP contribution in [0.25, 0.3) is 0 Å². The summed E-state index contributed by atoms with van der Waals surface area (Å²) in [6, 6.07) is 0. The summed E-state index contributed by atoms with van der Waals surface area (Å²) in [5.74, 6) is 0.380. The molecule has 4 heteroatoms. The van der Waals surface area contributed by atoms with Crippen LogP contribution in [0.1, 0.15) is 19.8 Å². The SMILES string of the molecule is COC(=O)[C@@H]1[C@@H](O)[C@@]2(C)[C@H](CI)CC[C@H]12. The van der Waals surface area contributed by atoms with E-state index in [1.54, 1.807) is 0 Å². The number of rotatable bonds is 2. The monoisotopic (exact) mass is 324 g/mol. The van der Waals surface area contributed by atoms with E-state index in [4.69, 9.17) is 4.74 Å². The Bertz CT molecular complexity index is 281. The summed E-state index contributed by atoms with van der Waals surface area (Å²) in [6.07, 6.45) is 1.69. The summed E-state index contributed by atoms with van der Waals surface area (Å²) < 4.78 is 5.81. The van der Waals surface area contributed by atoms with Crippen molar-refractivity contribution in [2.24, 2.45) is 23.2 Å². The van der Waals surface area contributed by atoms with Gasteiger partial charge in [0.2, 0.25) is 0 Å². The Kier molecular flexibility index (Phi) is 3.01. The topological polar surface area (TPSA) is 46.5 Å². The lowest BCUT2D eigenvalue weighted by Crippen LogP contribution is -2.62. The highest BCUT2D eigenvalue weighted by atomic mass is 127. The zero-order valence-corrected chi connectivity index (χ0v) is 11.2. The fraction of sp³-hybridized carbons (Fsp3) is 0.909. The van der Waals surface area contributed by atoms with E-state index >= 15 is 0 Å². The summed E-state index contributed by atoms with van der Waals surface area (Å²) >= 11 is 2.38. The third-order valence-corrected chi connectivity index (χ3v) is 5.64. The standard InChI is InChI=1S/C11H17IO3/c1-11-6(5-12)3-4-7(11)8(9(11)13)10(14)15-2/h6-9,13H,3-5H2,1-2H3/t6-,7+,8-,9+,11-/m0/s1. The molecule has 2 saturated carbocycles. The van der Waals surface area contributed by atoms with Gasteiger partial charge in [-0.2, -0.15) is 0 Å². The number of aliphatic hydroxyl groups is 1. The van der Waals surface area contributed by atoms with Gasteiger partial charge in [-0.05, 0) is 24.7 Å². The average molecular weight is 324 g/mol. The Morgan fingerprint density at radius 3 is 2.80 bits per heavy atom. The minimum atomic E-state index is -0.503. The number of fused-ring (bicyclic) bond motifs is 1. The first-order valence-corrected chi connectivity index (χ1v) is 6.91. The molecule has 86 valence electrons. The molecule has 1 N–H and O–H groups in total. The molecule has 0 unspecified atom stereocenters. The van der Waals surface area contributed by atoms with Crippen molar-refractivity contribution in [1.82, 2.24) is 0 Å². The first kappa shape index (κ1) is 11.6. The van der Waals surface area contributed by atoms with E-state index in [1.165, 1.54) is 7.11 Å². The number of halogens is 1. The number of alkyl halides is 1. The number of carbonyl (C=O) groups is 1. The molecule has 0 heterocycles. The third-order valence-electron chi connectivity index (χ3n) is 4.58. The van der Waals surface area contributed by atoms with Gasteiger partial charge in [-0.25, -0.2) is 0 Å². The zero-order valence-electron chi connectivity index (χ0n) is 9.07. The Labute approximate surface area is 104 Å². The maximum atomic E-state index is 11.5. The molecule has 0 saturated heterocycles. The fourth-order valence-corrected chi connectivity index (χ4v) is 4.88. The molecule has 0 radical (unpaired) electrons. The van der Waals surface area contributed by atoms with Crippen molar-refractivity contribution >= 4 is 28.6 Å². The van der Waals surface area contributed by atoms with Crippen molar-refractivity contribution in [2.75, 3.05) is 11.5 Å². The molecule has 0 amide bonds. The predicted octanol–water partition coefficient (Wildman–Crippen LogP) is 1.62. The van der Waals surface area contributed by atoms with Crippen molar-refractivity contribution in [3.8, 4) is 0 Å². The van der Waals surface area contributed by atoms with Gasteiger partial charge < -0.3 is 9.84 Å². The van der Waals surface area contributed by atoms with Crippen LogP contribution in [-0.2, 0) is 9.53 Å². The maximum Gasteiger partial charge on any atom is 0.311 e. The number of aliphatic hydroxyl groups excluding tert-OH is 1. The summed E-state index contributed by atoms with van der Waals surface area (Å²) in [5, 5.41) is 10.1. The van der Waals surface area contributed by atoms with Crippen LogP contribution >= 0.6 is 22.6 Å². The number of esters is 1. The Morgan fingerprint density at radius 2 is 2.27 bits per heavy atom. The van der Waals surface area contributed by atoms with E-state index in [9.17, 15) is 9.90 Å². The molecule has 0 spiro atoms. The van der Waals surface area contributed by atoms with Crippen LogP contribution in [0.2, 0.25) is 0 Å². The molecule has 2 rings (SSSR count). The smallest absolute Gasteiger partial charge is 0.311 e. The summed E-state index contributed by atoms with van der Waals surface area (Å²) in [6.45, 7) is 2.12. The molecule has 3 nitrogen and oxygen atoms in total. The molecule has 2 aliphatic carbocycles. The van der Waals surface area contributed by atoms with Gasteiger partial charge in [0.25, 0.3) is 0 Å². The Morgan fingerprint density at radius 1 is 1.60 bits per heavy atom. The quantitative estimate of drug-likeness (QED) is 0.477. The molecule has 15 heavy (non-hydrogen) atoms. The molecule has 0 aromatic carbocycles. The second-order valence-electron chi connectivity index (χ2n) is 4.89. The van der Waals surface area contributed by atoms with E-state index in [0.717, 1.165) is 17.3 Å². The summed E-state index contributed by atoms with van der Waals surface area (Å²) in [4.78, 5) is 11.5. The van der Waals surface area contributed by atoms with Gasteiger partial charge in [0.15, 0.2) is 0 Å². The van der Waals surface area contributed by atoms with Gasteiger partial charge in [0, 0.05) is 9.84 Å². The fourth-order valence-electron chi connectivity index (χ4n) is 3.49. The van der Waals surface area contributed by atoms with Crippen LogP contribution in [0, 0.1) is 23.2 Å². The van der Waals surface area contributed by atoms with E-state index in [2.05, 4.69) is 29.5 Å². The lowest BCUT2D eigenvalue weighted by molar-refractivity contribution is -0.197. The first-order chi connectivity index (χ1) is 7.07. The van der Waals surface area contributed by atoms with Crippen LogP contribution in [-0.4, -0.2) is 28.7 Å². The Balaban J connectivity index is 2.17. The molecule has 2 aliphatic rings. The third kappa shape index (κ3) is 1.37. The number of carbonyl (C=O) groups excluding carboxylic acids is 1. The average Bonchev–Trinajstić information content (AvgIpc) is 2.53. The van der Waals surface area contributed by atoms with E-state index in [1.807, 2.05) is 0 Å². The van der Waals surface area contributed by atoms with Gasteiger partial charge in [0.05, 0.1) is 19.1 Å². The zero-order chi connectivity index (χ0) is 11.2. The second-order valence-corrected chi connectivity index (χ2v) is 5.78. The Hall–Kier alpha value is 0.160. The molecular weight excluding hydrogens is 307 g/mol. The maximum absolute atomic E-state index is 11.5. The van der Waals surface area contributed by atoms with Gasteiger partial charge in [-0.3, -0.25) is 4.79 Å². The van der Waals surface area contributed by atoms with Crippen molar-refractivity contribution < 1.29 is 14.6 Å². The molecule has 0 bridgehead atoms. The van der Waals surface area contributed by atoms with E-state index in [-0.39, 0.29) is 17.3 Å². The van der Waals surface area contributed by atoms with Crippen molar-refractivity contribution in [2.45, 2.75) is 25.9 Å². The van der Waals surface area contributed by atoms with Crippen LogP contribution in [0.4, 0.5) is 0 Å². The molecule has 5 atom stereocenters. The minimum absolute atomic E-state index is 0.0416. The van der Waals surface area contributed by atoms with Crippen molar-refractivity contribution in [3.63, 3.8) is 0 Å². The molecule has 2 fully saturated rings. The number of hydrogen-bond acceptors (Lipinski definition) is 3. The number of hydrogen-bond donors (Lipinski definition) is 1. The van der Waals surface area contributed by atoms with E-state index < -0.39 is 6.10 Å². The second kappa shape index (κ2) is 3.87. The number of methoxy groups -OCH3 is 1. The highest BCUT2D eigenvalue weighted by molar-refractivity contribution is 14.1. The molecular formula is C11H17IO3. The highest BCUT2D eigenvalue weighted by Gasteiger charge is 2.67.